The van der Waals surface area contributed by atoms with Gasteiger partial charge in [0.25, 0.3) is 0 Å². The van der Waals surface area contributed by atoms with E-state index in [-0.39, 0.29) is 5.75 Å². The summed E-state index contributed by atoms with van der Waals surface area (Å²) >= 11 is 0. The van der Waals surface area contributed by atoms with E-state index < -0.39 is 0 Å². The summed E-state index contributed by atoms with van der Waals surface area (Å²) in [7, 11) is 0. The average molecular weight is 133 g/mol. The first-order valence-electron chi connectivity index (χ1n) is 2.97. The molecule has 1 heterocycles. The molecule has 0 fully saturated rings. The summed E-state index contributed by atoms with van der Waals surface area (Å²) in [5.41, 5.74) is 0.799. The normalized spacial score (nSPS) is 10.4. The second-order valence-electron chi connectivity index (χ2n) is 2.09. The van der Waals surface area contributed by atoms with E-state index in [0.29, 0.717) is 5.39 Å². The van der Waals surface area contributed by atoms with Gasteiger partial charge in [0.1, 0.15) is 0 Å². The molecule has 49 valence electrons. The number of hydrogen-bond acceptors (Lipinski definition) is 1. The molecule has 2 rings (SSSR count). The van der Waals surface area contributed by atoms with Crippen molar-refractivity contribution in [3.8, 4) is 5.75 Å². The van der Waals surface area contributed by atoms with Crippen molar-refractivity contribution < 1.29 is 5.11 Å². The molecule has 3 heteroatoms. The van der Waals surface area contributed by atoms with Gasteiger partial charge in [-0.2, -0.15) is 5.10 Å². The summed E-state index contributed by atoms with van der Waals surface area (Å²) in [6, 6.07) is 5.06. The fourth-order valence-corrected chi connectivity index (χ4v) is 0.941. The smallest absolute Gasteiger partial charge is 0.189 e. The van der Waals surface area contributed by atoms with Crippen molar-refractivity contribution in [2.75, 3.05) is 0 Å². The van der Waals surface area contributed by atoms with Crippen LogP contribution >= 0.6 is 0 Å². The zero-order valence-electron chi connectivity index (χ0n) is 5.16. The Balaban J connectivity index is 2.95. The lowest BCUT2D eigenvalue weighted by atomic mass is 10.2. The number of hydrogen-bond donors (Lipinski definition) is 1. The lowest BCUT2D eigenvalue weighted by molar-refractivity contribution is 0.360. The van der Waals surface area contributed by atoms with Crippen LogP contribution in [0.4, 0.5) is 0 Å². The Morgan fingerprint density at radius 1 is 1.40 bits per heavy atom. The Kier molecular flexibility index (Phi) is 0.917. The molecule has 1 N–H and O–H groups in total. The van der Waals surface area contributed by atoms with Gasteiger partial charge in [0, 0.05) is 0 Å². The molecular formula is C7H5N2O. The number of rotatable bonds is 0. The molecule has 1 aromatic carbocycles. The minimum Gasteiger partial charge on any atom is -0.289 e. The third-order valence-corrected chi connectivity index (χ3v) is 1.44. The lowest BCUT2D eigenvalue weighted by Gasteiger charge is -1.86. The summed E-state index contributed by atoms with van der Waals surface area (Å²) in [4.78, 5) is 0. The number of nitrogens with zero attached hydrogens (tertiary/aromatic N) is 1. The van der Waals surface area contributed by atoms with E-state index in [4.69, 9.17) is 0 Å². The van der Waals surface area contributed by atoms with Gasteiger partial charge in [0.2, 0.25) is 0 Å². The molecule has 2 aromatic rings. The highest BCUT2D eigenvalue weighted by Crippen LogP contribution is 2.21. The maximum Gasteiger partial charge on any atom is 0.189 e. The van der Waals surface area contributed by atoms with Gasteiger partial charge in [-0.25, -0.2) is 0 Å². The summed E-state index contributed by atoms with van der Waals surface area (Å²) in [6.07, 6.45) is 1.54. The van der Waals surface area contributed by atoms with E-state index in [1.165, 1.54) is 12.3 Å². The van der Waals surface area contributed by atoms with Crippen molar-refractivity contribution in [1.29, 1.82) is 0 Å². The van der Waals surface area contributed by atoms with Crippen LogP contribution in [0.5, 0.6) is 5.75 Å². The number of nitrogens with one attached hydrogen (secondary N) is 1. The number of aromatic nitrogens is 2. The molecule has 0 saturated heterocycles. The van der Waals surface area contributed by atoms with Gasteiger partial charge in [-0.1, -0.05) is 6.07 Å². The van der Waals surface area contributed by atoms with Gasteiger partial charge >= 0.3 is 0 Å². The van der Waals surface area contributed by atoms with E-state index in [1.807, 2.05) is 6.07 Å². The van der Waals surface area contributed by atoms with Crippen molar-refractivity contribution in [2.45, 2.75) is 0 Å². The molecule has 0 bridgehead atoms. The molecule has 0 aliphatic heterocycles. The quantitative estimate of drug-likeness (QED) is 0.584. The second kappa shape index (κ2) is 1.73. The molecule has 0 atom stereocenters. The fraction of sp³-hybridized carbons (Fsp3) is 0. The predicted molar refractivity (Wildman–Crippen MR) is 36.2 cm³/mol. The first kappa shape index (κ1) is 5.29. The van der Waals surface area contributed by atoms with Gasteiger partial charge in [0.05, 0.1) is 17.1 Å². The Labute approximate surface area is 57.3 Å². The van der Waals surface area contributed by atoms with E-state index in [0.717, 1.165) is 5.52 Å². The van der Waals surface area contributed by atoms with Crippen molar-refractivity contribution in [3.63, 3.8) is 0 Å². The minimum atomic E-state index is 0.0197. The van der Waals surface area contributed by atoms with Crippen molar-refractivity contribution in [3.05, 3.63) is 24.4 Å². The third kappa shape index (κ3) is 0.572. The topological polar surface area (TPSA) is 48.6 Å². The summed E-state index contributed by atoms with van der Waals surface area (Å²) in [6.45, 7) is 0. The van der Waals surface area contributed by atoms with E-state index in [9.17, 15) is 5.11 Å². The van der Waals surface area contributed by atoms with Gasteiger partial charge < -0.3 is 0 Å². The zero-order chi connectivity index (χ0) is 6.97. The number of fused-ring (bicyclic) bond motifs is 1. The Bertz CT molecular complexity index is 353. The maximum atomic E-state index is 11.0. The molecule has 1 aromatic heterocycles. The van der Waals surface area contributed by atoms with Gasteiger partial charge in [0.15, 0.2) is 5.75 Å². The molecule has 1 radical (unpaired) electrons. The first-order valence-corrected chi connectivity index (χ1v) is 2.97. The van der Waals surface area contributed by atoms with Crippen molar-refractivity contribution in [1.82, 2.24) is 10.2 Å². The van der Waals surface area contributed by atoms with Crippen LogP contribution in [0, 0.1) is 0 Å². The van der Waals surface area contributed by atoms with Crippen molar-refractivity contribution >= 4 is 10.9 Å². The van der Waals surface area contributed by atoms with E-state index in [2.05, 4.69) is 10.2 Å². The van der Waals surface area contributed by atoms with Crippen LogP contribution in [0.25, 0.3) is 10.9 Å². The third-order valence-electron chi connectivity index (χ3n) is 1.44. The molecule has 0 unspecified atom stereocenters. The zero-order valence-corrected chi connectivity index (χ0v) is 5.16. The Morgan fingerprint density at radius 3 is 3.10 bits per heavy atom. The summed E-state index contributed by atoms with van der Waals surface area (Å²) < 4.78 is 0. The molecule has 10 heavy (non-hydrogen) atoms. The molecule has 0 aliphatic rings. The average Bonchev–Trinajstić information content (AvgIpc) is 2.36. The highest BCUT2D eigenvalue weighted by Gasteiger charge is 1.99. The fourth-order valence-electron chi connectivity index (χ4n) is 0.941. The Morgan fingerprint density at radius 2 is 2.30 bits per heavy atom. The number of benzene rings is 1. The van der Waals surface area contributed by atoms with Crippen LogP contribution in [0.2, 0.25) is 0 Å². The van der Waals surface area contributed by atoms with E-state index >= 15 is 0 Å². The van der Waals surface area contributed by atoms with Crippen LogP contribution in [-0.2, 0) is 5.11 Å². The molecule has 0 aliphatic carbocycles. The summed E-state index contributed by atoms with van der Waals surface area (Å²) in [5, 5.41) is 18.1. The molecule has 3 nitrogen and oxygen atoms in total. The minimum absolute atomic E-state index is 0.0197. The van der Waals surface area contributed by atoms with Crippen molar-refractivity contribution in [2.24, 2.45) is 0 Å². The van der Waals surface area contributed by atoms with E-state index in [1.54, 1.807) is 6.07 Å². The highest BCUT2D eigenvalue weighted by atomic mass is 16.3. The number of aromatic amines is 1. The standard InChI is InChI=1S/C7H5N2O/c10-7-3-1-2-6-5(7)4-8-9-6/h1-4H,(H,8,9). The van der Waals surface area contributed by atoms with Crippen LogP contribution < -0.4 is 0 Å². The van der Waals surface area contributed by atoms with Crippen LogP contribution in [-0.4, -0.2) is 10.2 Å². The Hall–Kier alpha value is -1.51. The van der Waals surface area contributed by atoms with Crippen LogP contribution in [0.1, 0.15) is 0 Å². The molecule has 0 spiro atoms. The first-order chi connectivity index (χ1) is 4.88. The monoisotopic (exact) mass is 133 g/mol. The SMILES string of the molecule is [O]c1cccc2[nH]ncc12. The predicted octanol–water partition coefficient (Wildman–Crippen LogP) is 1.71. The number of H-pyrrole nitrogens is 1. The highest BCUT2D eigenvalue weighted by molar-refractivity contribution is 5.83. The second-order valence-corrected chi connectivity index (χ2v) is 2.09. The molecule has 0 saturated carbocycles. The molecule has 0 amide bonds. The maximum absolute atomic E-state index is 11.0. The molecular weight excluding hydrogens is 128 g/mol. The lowest BCUT2D eigenvalue weighted by Crippen LogP contribution is -1.65. The summed E-state index contributed by atoms with van der Waals surface area (Å²) in [5.74, 6) is 0.0197. The largest absolute Gasteiger partial charge is 0.289 e. The van der Waals surface area contributed by atoms with Gasteiger partial charge in [-0.15, -0.1) is 0 Å². The van der Waals surface area contributed by atoms with Crippen LogP contribution in [0.15, 0.2) is 24.4 Å². The van der Waals surface area contributed by atoms with Gasteiger partial charge in [-0.05, 0) is 12.1 Å². The van der Waals surface area contributed by atoms with Crippen LogP contribution in [0.3, 0.4) is 0 Å². The van der Waals surface area contributed by atoms with Gasteiger partial charge in [-0.3, -0.25) is 10.2 Å².